The van der Waals surface area contributed by atoms with E-state index < -0.39 is 18.2 Å². The van der Waals surface area contributed by atoms with Crippen LogP contribution in [0.3, 0.4) is 0 Å². The molecule has 0 saturated heterocycles. The molecule has 0 aromatic heterocycles. The molecule has 0 bridgehead atoms. The smallest absolute Gasteiger partial charge is 0.396 e. The van der Waals surface area contributed by atoms with Crippen LogP contribution >= 0.6 is 0 Å². The Morgan fingerprint density at radius 3 is 2.24 bits per heavy atom. The zero-order valence-electron chi connectivity index (χ0n) is 10.4. The molecule has 0 fully saturated rings. The number of hydrogen-bond acceptors (Lipinski definition) is 3. The van der Waals surface area contributed by atoms with Crippen molar-refractivity contribution in [1.82, 2.24) is 0 Å². The second-order valence-electron chi connectivity index (χ2n) is 4.88. The number of halogens is 3. The van der Waals surface area contributed by atoms with Crippen LogP contribution in [0.5, 0.6) is 0 Å². The third-order valence-corrected chi connectivity index (χ3v) is 2.65. The van der Waals surface area contributed by atoms with Crippen LogP contribution in [-0.2, 0) is 4.74 Å². The van der Waals surface area contributed by atoms with Crippen molar-refractivity contribution in [2.75, 3.05) is 26.4 Å². The Kier molecular flexibility index (Phi) is 7.04. The van der Waals surface area contributed by atoms with E-state index in [4.69, 9.17) is 5.73 Å². The summed E-state index contributed by atoms with van der Waals surface area (Å²) < 4.78 is 40.1. The Hall–Kier alpha value is -0.330. The Morgan fingerprint density at radius 2 is 1.88 bits per heavy atom. The molecule has 6 heteroatoms. The number of nitrogens with two attached hydrogens (primary N) is 1. The van der Waals surface area contributed by atoms with Gasteiger partial charge in [0.15, 0.2) is 0 Å². The standard InChI is InChI=1S/C11H22F3NO2/c1-9(2)5-10(6-15,7-16)3-4-17-8-11(12,13)14/h9,16H,3-8,15H2,1-2H3. The molecule has 0 aliphatic rings. The Balaban J connectivity index is 4.09. The Labute approximate surface area is 100 Å². The molecule has 0 rings (SSSR count). The molecular weight excluding hydrogens is 235 g/mol. The minimum absolute atomic E-state index is 0.0377. The van der Waals surface area contributed by atoms with Crippen molar-refractivity contribution >= 4 is 0 Å². The fourth-order valence-corrected chi connectivity index (χ4v) is 1.84. The maximum absolute atomic E-state index is 11.9. The van der Waals surface area contributed by atoms with Crippen LogP contribution in [0.4, 0.5) is 13.2 Å². The second kappa shape index (κ2) is 7.18. The fourth-order valence-electron chi connectivity index (χ4n) is 1.84. The summed E-state index contributed by atoms with van der Waals surface area (Å²) in [7, 11) is 0. The molecule has 0 aromatic rings. The van der Waals surface area contributed by atoms with Crippen molar-refractivity contribution in [2.24, 2.45) is 17.1 Å². The molecule has 0 aromatic carbocycles. The number of rotatable bonds is 8. The SMILES string of the molecule is CC(C)CC(CN)(CO)CCOCC(F)(F)F. The summed E-state index contributed by atoms with van der Waals surface area (Å²) in [6.07, 6.45) is -3.29. The zero-order valence-corrected chi connectivity index (χ0v) is 10.4. The van der Waals surface area contributed by atoms with Gasteiger partial charge in [0.1, 0.15) is 6.61 Å². The van der Waals surface area contributed by atoms with E-state index in [1.807, 2.05) is 13.8 Å². The predicted molar refractivity (Wildman–Crippen MR) is 59.5 cm³/mol. The van der Waals surface area contributed by atoms with E-state index in [0.717, 1.165) is 0 Å². The summed E-state index contributed by atoms with van der Waals surface area (Å²) in [5.41, 5.74) is 5.07. The minimum Gasteiger partial charge on any atom is -0.396 e. The van der Waals surface area contributed by atoms with Crippen LogP contribution < -0.4 is 5.73 Å². The first-order valence-electron chi connectivity index (χ1n) is 5.70. The van der Waals surface area contributed by atoms with E-state index in [-0.39, 0.29) is 19.8 Å². The molecule has 0 aliphatic heterocycles. The number of alkyl halides is 3. The summed E-state index contributed by atoms with van der Waals surface area (Å²) in [6.45, 7) is 2.80. The molecule has 104 valence electrons. The molecule has 1 unspecified atom stereocenters. The summed E-state index contributed by atoms with van der Waals surface area (Å²) in [5, 5.41) is 9.33. The Morgan fingerprint density at radius 1 is 1.29 bits per heavy atom. The van der Waals surface area contributed by atoms with E-state index in [0.29, 0.717) is 18.8 Å². The van der Waals surface area contributed by atoms with Gasteiger partial charge in [0.05, 0.1) is 0 Å². The molecule has 3 nitrogen and oxygen atoms in total. The van der Waals surface area contributed by atoms with E-state index in [2.05, 4.69) is 4.74 Å². The lowest BCUT2D eigenvalue weighted by Crippen LogP contribution is -2.37. The summed E-state index contributed by atoms with van der Waals surface area (Å²) in [4.78, 5) is 0. The largest absolute Gasteiger partial charge is 0.411 e. The predicted octanol–water partition coefficient (Wildman–Crippen LogP) is 1.94. The van der Waals surface area contributed by atoms with Crippen molar-refractivity contribution in [2.45, 2.75) is 32.9 Å². The zero-order chi connectivity index (χ0) is 13.5. The summed E-state index contributed by atoms with van der Waals surface area (Å²) in [6, 6.07) is 0. The molecule has 0 radical (unpaired) electrons. The van der Waals surface area contributed by atoms with Crippen LogP contribution in [0.2, 0.25) is 0 Å². The van der Waals surface area contributed by atoms with Crippen LogP contribution in [-0.4, -0.2) is 37.6 Å². The number of aliphatic hydroxyl groups is 1. The monoisotopic (exact) mass is 257 g/mol. The van der Waals surface area contributed by atoms with Gasteiger partial charge in [0.2, 0.25) is 0 Å². The summed E-state index contributed by atoms with van der Waals surface area (Å²) >= 11 is 0. The molecule has 0 aliphatic carbocycles. The van der Waals surface area contributed by atoms with Crippen LogP contribution in [0.25, 0.3) is 0 Å². The van der Waals surface area contributed by atoms with Crippen molar-refractivity contribution in [3.05, 3.63) is 0 Å². The van der Waals surface area contributed by atoms with Gasteiger partial charge in [0, 0.05) is 25.2 Å². The molecular formula is C11H22F3NO2. The maximum atomic E-state index is 11.9. The van der Waals surface area contributed by atoms with E-state index in [1.165, 1.54) is 0 Å². The van der Waals surface area contributed by atoms with Crippen LogP contribution in [0.15, 0.2) is 0 Å². The number of hydrogen-bond donors (Lipinski definition) is 2. The summed E-state index contributed by atoms with van der Waals surface area (Å²) in [5.74, 6) is 0.327. The van der Waals surface area contributed by atoms with Gasteiger partial charge in [-0.1, -0.05) is 13.8 Å². The van der Waals surface area contributed by atoms with Gasteiger partial charge < -0.3 is 15.6 Å². The third-order valence-electron chi connectivity index (χ3n) is 2.65. The number of aliphatic hydroxyl groups excluding tert-OH is 1. The highest BCUT2D eigenvalue weighted by Gasteiger charge is 2.31. The van der Waals surface area contributed by atoms with Gasteiger partial charge in [-0.2, -0.15) is 13.2 Å². The molecule has 0 heterocycles. The lowest BCUT2D eigenvalue weighted by atomic mass is 9.78. The molecule has 0 amide bonds. The van der Waals surface area contributed by atoms with Crippen LogP contribution in [0.1, 0.15) is 26.7 Å². The molecule has 1 atom stereocenters. The molecule has 3 N–H and O–H groups in total. The molecule has 17 heavy (non-hydrogen) atoms. The average Bonchev–Trinajstić information content (AvgIpc) is 2.21. The lowest BCUT2D eigenvalue weighted by molar-refractivity contribution is -0.175. The first-order chi connectivity index (χ1) is 7.74. The van der Waals surface area contributed by atoms with Gasteiger partial charge >= 0.3 is 6.18 Å². The molecule has 0 saturated carbocycles. The fraction of sp³-hybridized carbons (Fsp3) is 1.00. The maximum Gasteiger partial charge on any atom is 0.411 e. The quantitative estimate of drug-likeness (QED) is 0.653. The molecule has 0 spiro atoms. The van der Waals surface area contributed by atoms with E-state index >= 15 is 0 Å². The van der Waals surface area contributed by atoms with Crippen molar-refractivity contribution in [3.63, 3.8) is 0 Å². The average molecular weight is 257 g/mol. The highest BCUT2D eigenvalue weighted by Crippen LogP contribution is 2.29. The van der Waals surface area contributed by atoms with Crippen molar-refractivity contribution < 1.29 is 23.0 Å². The van der Waals surface area contributed by atoms with Crippen molar-refractivity contribution in [1.29, 1.82) is 0 Å². The van der Waals surface area contributed by atoms with Gasteiger partial charge in [-0.05, 0) is 18.8 Å². The van der Waals surface area contributed by atoms with Crippen molar-refractivity contribution in [3.8, 4) is 0 Å². The van der Waals surface area contributed by atoms with Gasteiger partial charge in [-0.3, -0.25) is 0 Å². The minimum atomic E-state index is -4.30. The number of ether oxygens (including phenoxy) is 1. The van der Waals surface area contributed by atoms with Gasteiger partial charge in [-0.15, -0.1) is 0 Å². The first kappa shape index (κ1) is 16.7. The second-order valence-corrected chi connectivity index (χ2v) is 4.88. The normalized spacial score (nSPS) is 16.2. The topological polar surface area (TPSA) is 55.5 Å². The van der Waals surface area contributed by atoms with E-state index in [1.54, 1.807) is 0 Å². The van der Waals surface area contributed by atoms with Gasteiger partial charge in [0.25, 0.3) is 0 Å². The lowest BCUT2D eigenvalue weighted by Gasteiger charge is -2.32. The Bertz CT molecular complexity index is 203. The highest BCUT2D eigenvalue weighted by atomic mass is 19.4. The van der Waals surface area contributed by atoms with Crippen LogP contribution in [0, 0.1) is 11.3 Å². The first-order valence-corrected chi connectivity index (χ1v) is 5.70. The highest BCUT2D eigenvalue weighted by molar-refractivity contribution is 4.80. The van der Waals surface area contributed by atoms with Gasteiger partial charge in [-0.25, -0.2) is 0 Å². The third kappa shape index (κ3) is 7.57. The van der Waals surface area contributed by atoms with E-state index in [9.17, 15) is 18.3 Å².